The number of halogens is 1. The first-order chi connectivity index (χ1) is 4.66. The summed E-state index contributed by atoms with van der Waals surface area (Å²) < 4.78 is 0. The predicted molar refractivity (Wildman–Crippen MR) is 43.4 cm³/mol. The molecule has 0 N–H and O–H groups in total. The van der Waals surface area contributed by atoms with Crippen LogP contribution in [0.4, 0.5) is 0 Å². The number of hydrogen-bond acceptors (Lipinski definition) is 2. The lowest BCUT2D eigenvalue weighted by molar-refractivity contribution is -0.115. The first kappa shape index (κ1) is 9.37. The lowest BCUT2D eigenvalue weighted by Gasteiger charge is -1.84. The van der Waals surface area contributed by atoms with Crippen LogP contribution in [-0.4, -0.2) is 12.0 Å². The van der Waals surface area contributed by atoms with E-state index < -0.39 is 0 Å². The largest absolute Gasteiger partial charge is 0.300 e. The zero-order valence-electron chi connectivity index (χ0n) is 6.10. The van der Waals surface area contributed by atoms with E-state index in [1.165, 1.54) is 13.1 Å². The van der Waals surface area contributed by atoms with E-state index in [9.17, 15) is 4.79 Å². The van der Waals surface area contributed by atoms with Gasteiger partial charge < -0.3 is 0 Å². The number of allylic oxidation sites excluding steroid dienone is 1. The third-order valence-corrected chi connectivity index (χ3v) is 1.15. The van der Waals surface area contributed by atoms with Crippen LogP contribution < -0.4 is 0 Å². The van der Waals surface area contributed by atoms with Crippen LogP contribution in [0.25, 0.3) is 0 Å². The van der Waals surface area contributed by atoms with Crippen molar-refractivity contribution >= 4 is 23.6 Å². The molecule has 0 aromatic rings. The van der Waals surface area contributed by atoms with Crippen LogP contribution in [0.15, 0.2) is 16.2 Å². The third-order valence-electron chi connectivity index (χ3n) is 0.832. The molecule has 0 radical (unpaired) electrons. The van der Waals surface area contributed by atoms with Crippen LogP contribution in [0, 0.1) is 0 Å². The molecule has 0 saturated heterocycles. The molecule has 0 unspecified atom stereocenters. The van der Waals surface area contributed by atoms with Crippen LogP contribution in [-0.2, 0) is 4.79 Å². The SMILES string of the molecule is C/C=C(/Cl)N=CCC(C)=O. The fraction of sp³-hybridized carbons (Fsp3) is 0.429. The van der Waals surface area contributed by atoms with Crippen LogP contribution in [0.1, 0.15) is 20.3 Å². The molecule has 0 aromatic heterocycles. The number of rotatable bonds is 3. The Hall–Kier alpha value is -0.630. The lowest BCUT2D eigenvalue weighted by Crippen LogP contribution is -1.88. The van der Waals surface area contributed by atoms with Gasteiger partial charge in [-0.3, -0.25) is 4.79 Å². The van der Waals surface area contributed by atoms with Crippen molar-refractivity contribution < 1.29 is 4.79 Å². The summed E-state index contributed by atoms with van der Waals surface area (Å²) in [5, 5.41) is 0.418. The minimum atomic E-state index is 0.0873. The zero-order chi connectivity index (χ0) is 7.98. The number of Topliss-reactive ketones (excluding diaryl/α,β-unsaturated/α-hetero) is 1. The zero-order valence-corrected chi connectivity index (χ0v) is 6.85. The van der Waals surface area contributed by atoms with Crippen LogP contribution in [0.2, 0.25) is 0 Å². The molecule has 0 atom stereocenters. The highest BCUT2D eigenvalue weighted by molar-refractivity contribution is 6.29. The van der Waals surface area contributed by atoms with Crippen molar-refractivity contribution in [2.24, 2.45) is 4.99 Å². The molecule has 56 valence electrons. The van der Waals surface area contributed by atoms with Crippen LogP contribution in [0.5, 0.6) is 0 Å². The standard InChI is InChI=1S/C7H10ClNO/c1-3-7(8)9-5-4-6(2)10/h3,5H,4H2,1-2H3/b7-3-,9-5?. The van der Waals surface area contributed by atoms with E-state index in [1.807, 2.05) is 0 Å². The molecule has 0 spiro atoms. The normalized spacial score (nSPS) is 12.5. The molecule has 0 heterocycles. The minimum absolute atomic E-state index is 0.0873. The minimum Gasteiger partial charge on any atom is -0.300 e. The molecule has 0 fully saturated rings. The average molecular weight is 160 g/mol. The van der Waals surface area contributed by atoms with Crippen molar-refractivity contribution in [1.29, 1.82) is 0 Å². The van der Waals surface area contributed by atoms with Gasteiger partial charge in [0.2, 0.25) is 0 Å². The summed E-state index contributed by atoms with van der Waals surface area (Å²) in [4.78, 5) is 14.1. The highest BCUT2D eigenvalue weighted by atomic mass is 35.5. The molecule has 2 nitrogen and oxygen atoms in total. The highest BCUT2D eigenvalue weighted by Crippen LogP contribution is 2.00. The number of aliphatic imine (C=N–C) groups is 1. The summed E-state index contributed by atoms with van der Waals surface area (Å²) in [5.74, 6) is 0.0873. The molecule has 0 amide bonds. The van der Waals surface area contributed by atoms with E-state index in [1.54, 1.807) is 13.0 Å². The summed E-state index contributed by atoms with van der Waals surface area (Å²) in [5.41, 5.74) is 0. The van der Waals surface area contributed by atoms with Gasteiger partial charge in [0.15, 0.2) is 0 Å². The molecule has 0 aliphatic rings. The van der Waals surface area contributed by atoms with Crippen molar-refractivity contribution in [3.05, 3.63) is 11.2 Å². The van der Waals surface area contributed by atoms with Crippen LogP contribution >= 0.6 is 11.6 Å². The van der Waals surface area contributed by atoms with Crippen LogP contribution in [0.3, 0.4) is 0 Å². The average Bonchev–Trinajstić information content (AvgIpc) is 1.87. The van der Waals surface area contributed by atoms with E-state index in [2.05, 4.69) is 4.99 Å². The molecular formula is C7H10ClNO. The lowest BCUT2D eigenvalue weighted by atomic mass is 10.3. The maximum absolute atomic E-state index is 10.4. The Morgan fingerprint density at radius 1 is 1.70 bits per heavy atom. The van der Waals surface area contributed by atoms with Gasteiger partial charge in [-0.15, -0.1) is 0 Å². The molecule has 0 aromatic carbocycles. The molecule has 0 bridgehead atoms. The molecule has 0 saturated carbocycles. The van der Waals surface area contributed by atoms with Gasteiger partial charge in [0.05, 0.1) is 0 Å². The Labute approximate surface area is 65.6 Å². The molecule has 0 aliphatic heterocycles. The summed E-state index contributed by atoms with van der Waals surface area (Å²) >= 11 is 5.50. The number of nitrogens with zero attached hydrogens (tertiary/aromatic N) is 1. The second kappa shape index (κ2) is 5.18. The molecule has 3 heteroatoms. The fourth-order valence-corrected chi connectivity index (χ4v) is 0.405. The Morgan fingerprint density at radius 2 is 2.30 bits per heavy atom. The smallest absolute Gasteiger partial charge is 0.135 e. The van der Waals surface area contributed by atoms with Crippen molar-refractivity contribution in [2.75, 3.05) is 0 Å². The van der Waals surface area contributed by atoms with Crippen molar-refractivity contribution in [2.45, 2.75) is 20.3 Å². The third kappa shape index (κ3) is 5.51. The topological polar surface area (TPSA) is 29.4 Å². The number of carbonyl (C=O) groups excluding carboxylic acids is 1. The number of ketones is 1. The van der Waals surface area contributed by atoms with E-state index in [0.29, 0.717) is 11.6 Å². The van der Waals surface area contributed by atoms with E-state index in [-0.39, 0.29) is 5.78 Å². The second-order valence-corrected chi connectivity index (χ2v) is 2.22. The Balaban J connectivity index is 3.67. The molecule has 0 rings (SSSR count). The highest BCUT2D eigenvalue weighted by Gasteiger charge is 1.86. The van der Waals surface area contributed by atoms with Gasteiger partial charge >= 0.3 is 0 Å². The first-order valence-electron chi connectivity index (χ1n) is 3.00. The van der Waals surface area contributed by atoms with E-state index in [4.69, 9.17) is 11.6 Å². The predicted octanol–water partition coefficient (Wildman–Crippen LogP) is 2.14. The van der Waals surface area contributed by atoms with E-state index >= 15 is 0 Å². The molecular weight excluding hydrogens is 150 g/mol. The van der Waals surface area contributed by atoms with Gasteiger partial charge in [-0.2, -0.15) is 0 Å². The van der Waals surface area contributed by atoms with Crippen molar-refractivity contribution in [1.82, 2.24) is 0 Å². The van der Waals surface area contributed by atoms with E-state index in [0.717, 1.165) is 0 Å². The van der Waals surface area contributed by atoms with Gasteiger partial charge in [0.25, 0.3) is 0 Å². The summed E-state index contributed by atoms with van der Waals surface area (Å²) in [6.07, 6.45) is 3.52. The monoisotopic (exact) mass is 159 g/mol. The Kier molecular flexibility index (Phi) is 4.85. The number of carbonyl (C=O) groups is 1. The Bertz CT molecular complexity index is 172. The van der Waals surface area contributed by atoms with Gasteiger partial charge in [-0.25, -0.2) is 4.99 Å². The second-order valence-electron chi connectivity index (χ2n) is 1.83. The summed E-state index contributed by atoms with van der Waals surface area (Å²) in [6.45, 7) is 3.29. The quantitative estimate of drug-likeness (QED) is 0.458. The van der Waals surface area contributed by atoms with Gasteiger partial charge in [0, 0.05) is 12.6 Å². The maximum Gasteiger partial charge on any atom is 0.135 e. The number of hydrogen-bond donors (Lipinski definition) is 0. The Morgan fingerprint density at radius 3 is 2.70 bits per heavy atom. The van der Waals surface area contributed by atoms with Gasteiger partial charge in [-0.05, 0) is 13.8 Å². The summed E-state index contributed by atoms with van der Waals surface area (Å²) in [7, 11) is 0. The van der Waals surface area contributed by atoms with Crippen molar-refractivity contribution in [3.8, 4) is 0 Å². The first-order valence-corrected chi connectivity index (χ1v) is 3.38. The van der Waals surface area contributed by atoms with Crippen molar-refractivity contribution in [3.63, 3.8) is 0 Å². The molecule has 0 aliphatic carbocycles. The molecule has 10 heavy (non-hydrogen) atoms. The maximum atomic E-state index is 10.4. The van der Waals surface area contributed by atoms with Gasteiger partial charge in [-0.1, -0.05) is 17.7 Å². The van der Waals surface area contributed by atoms with Gasteiger partial charge in [0.1, 0.15) is 10.9 Å². The fourth-order valence-electron chi connectivity index (χ4n) is 0.336. The summed E-state index contributed by atoms with van der Waals surface area (Å²) in [6, 6.07) is 0.